The van der Waals surface area contributed by atoms with Gasteiger partial charge in [0.15, 0.2) is 0 Å². The molecule has 0 bridgehead atoms. The second-order valence-electron chi connectivity index (χ2n) is 6.31. The Morgan fingerprint density at radius 3 is 2.10 bits per heavy atom. The molecule has 3 rings (SSSR count). The Kier molecular flexibility index (Phi) is 3.55. The highest BCUT2D eigenvalue weighted by molar-refractivity contribution is 5.90. The van der Waals surface area contributed by atoms with Gasteiger partial charge in [-0.2, -0.15) is 0 Å². The third-order valence-corrected chi connectivity index (χ3v) is 4.09. The first-order valence-electron chi connectivity index (χ1n) is 7.66. The molecule has 0 amide bonds. The minimum absolute atomic E-state index is 0.545. The van der Waals surface area contributed by atoms with Gasteiger partial charge < -0.3 is 0 Å². The van der Waals surface area contributed by atoms with Gasteiger partial charge in [0, 0.05) is 0 Å². The molecule has 3 aromatic carbocycles. The molecular formula is C21H22. The van der Waals surface area contributed by atoms with E-state index in [1.54, 1.807) is 0 Å². The van der Waals surface area contributed by atoms with Crippen molar-refractivity contribution in [2.75, 3.05) is 0 Å². The molecule has 106 valence electrons. The van der Waals surface area contributed by atoms with Gasteiger partial charge in [0.05, 0.1) is 0 Å². The summed E-state index contributed by atoms with van der Waals surface area (Å²) < 4.78 is 0. The van der Waals surface area contributed by atoms with Crippen molar-refractivity contribution in [3.8, 4) is 11.1 Å². The third kappa shape index (κ3) is 2.71. The van der Waals surface area contributed by atoms with Crippen LogP contribution in [0.1, 0.15) is 36.5 Å². The lowest BCUT2D eigenvalue weighted by atomic mass is 9.92. The van der Waals surface area contributed by atoms with Crippen molar-refractivity contribution in [2.45, 2.75) is 33.6 Å². The average molecular weight is 274 g/mol. The summed E-state index contributed by atoms with van der Waals surface area (Å²) >= 11 is 0. The Morgan fingerprint density at radius 2 is 1.43 bits per heavy atom. The van der Waals surface area contributed by atoms with E-state index < -0.39 is 0 Å². The molecule has 21 heavy (non-hydrogen) atoms. The monoisotopic (exact) mass is 274 g/mol. The third-order valence-electron chi connectivity index (χ3n) is 4.09. The summed E-state index contributed by atoms with van der Waals surface area (Å²) in [7, 11) is 0. The predicted octanol–water partition coefficient (Wildman–Crippen LogP) is 6.25. The summed E-state index contributed by atoms with van der Waals surface area (Å²) in [5, 5.41) is 2.71. The topological polar surface area (TPSA) is 0 Å². The second-order valence-corrected chi connectivity index (χ2v) is 6.31. The fraction of sp³-hybridized carbons (Fsp3) is 0.238. The summed E-state index contributed by atoms with van der Waals surface area (Å²) in [6.07, 6.45) is 0. The zero-order valence-electron chi connectivity index (χ0n) is 13.3. The number of rotatable bonds is 2. The second kappa shape index (κ2) is 5.37. The van der Waals surface area contributed by atoms with Crippen LogP contribution in [-0.4, -0.2) is 0 Å². The molecule has 0 heteroatoms. The fourth-order valence-corrected chi connectivity index (χ4v) is 3.12. The summed E-state index contributed by atoms with van der Waals surface area (Å²) in [4.78, 5) is 0. The van der Waals surface area contributed by atoms with Crippen LogP contribution in [0.25, 0.3) is 21.9 Å². The molecule has 0 spiro atoms. The molecule has 3 aromatic rings. The molecule has 0 N–H and O–H groups in total. The Morgan fingerprint density at radius 1 is 0.714 bits per heavy atom. The highest BCUT2D eigenvalue weighted by atomic mass is 14.1. The summed E-state index contributed by atoms with van der Waals surface area (Å²) in [5.74, 6) is 0.545. The molecule has 0 unspecified atom stereocenters. The van der Waals surface area contributed by atoms with E-state index in [-0.39, 0.29) is 0 Å². The van der Waals surface area contributed by atoms with E-state index >= 15 is 0 Å². The molecule has 0 atom stereocenters. The van der Waals surface area contributed by atoms with Gasteiger partial charge >= 0.3 is 0 Å². The van der Waals surface area contributed by atoms with Gasteiger partial charge in [0.1, 0.15) is 0 Å². The van der Waals surface area contributed by atoms with E-state index in [0.717, 1.165) is 0 Å². The fourth-order valence-electron chi connectivity index (χ4n) is 3.12. The molecule has 0 radical (unpaired) electrons. The first kappa shape index (κ1) is 13.9. The molecule has 0 saturated carbocycles. The lowest BCUT2D eigenvalue weighted by Gasteiger charge is -2.12. The number of hydrogen-bond donors (Lipinski definition) is 0. The van der Waals surface area contributed by atoms with Crippen LogP contribution in [0.3, 0.4) is 0 Å². The number of benzene rings is 3. The molecule has 0 aliphatic heterocycles. The molecule has 0 nitrogen and oxygen atoms in total. The van der Waals surface area contributed by atoms with Crippen molar-refractivity contribution in [3.05, 3.63) is 71.3 Å². The van der Waals surface area contributed by atoms with Crippen LogP contribution in [0, 0.1) is 13.8 Å². The largest absolute Gasteiger partial charge is 0.0613 e. The predicted molar refractivity (Wildman–Crippen MR) is 92.9 cm³/mol. The minimum atomic E-state index is 0.545. The van der Waals surface area contributed by atoms with Crippen LogP contribution in [0.15, 0.2) is 54.6 Å². The van der Waals surface area contributed by atoms with Crippen molar-refractivity contribution < 1.29 is 0 Å². The van der Waals surface area contributed by atoms with Crippen LogP contribution in [0.4, 0.5) is 0 Å². The zero-order chi connectivity index (χ0) is 15.0. The van der Waals surface area contributed by atoms with Crippen molar-refractivity contribution in [3.63, 3.8) is 0 Å². The van der Waals surface area contributed by atoms with Gasteiger partial charge in [-0.25, -0.2) is 0 Å². The highest BCUT2D eigenvalue weighted by Gasteiger charge is 2.07. The highest BCUT2D eigenvalue weighted by Crippen LogP contribution is 2.30. The first-order valence-corrected chi connectivity index (χ1v) is 7.66. The number of aryl methyl sites for hydroxylation is 2. The van der Waals surface area contributed by atoms with Crippen LogP contribution in [-0.2, 0) is 0 Å². The van der Waals surface area contributed by atoms with E-state index in [4.69, 9.17) is 0 Å². The lowest BCUT2D eigenvalue weighted by Crippen LogP contribution is -1.90. The van der Waals surface area contributed by atoms with Crippen LogP contribution >= 0.6 is 0 Å². The van der Waals surface area contributed by atoms with Gasteiger partial charge in [0.2, 0.25) is 0 Å². The Balaban J connectivity index is 2.22. The summed E-state index contributed by atoms with van der Waals surface area (Å²) in [6, 6.07) is 20.2. The normalized spacial score (nSPS) is 11.3. The quantitative estimate of drug-likeness (QED) is 0.518. The maximum Gasteiger partial charge on any atom is -0.0143 e. The van der Waals surface area contributed by atoms with Gasteiger partial charge in [0.25, 0.3) is 0 Å². The number of fused-ring (bicyclic) bond motifs is 1. The smallest absolute Gasteiger partial charge is 0.0143 e. The van der Waals surface area contributed by atoms with E-state index in [2.05, 4.69) is 82.3 Å². The van der Waals surface area contributed by atoms with E-state index in [0.29, 0.717) is 5.92 Å². The first-order chi connectivity index (χ1) is 10.0. The summed E-state index contributed by atoms with van der Waals surface area (Å²) in [5.41, 5.74) is 6.69. The van der Waals surface area contributed by atoms with Crippen molar-refractivity contribution >= 4 is 10.8 Å². The lowest BCUT2D eigenvalue weighted by molar-refractivity contribution is 0.876. The maximum atomic E-state index is 2.35. The minimum Gasteiger partial charge on any atom is -0.0613 e. The van der Waals surface area contributed by atoms with E-state index in [1.807, 2.05) is 0 Å². The van der Waals surface area contributed by atoms with Gasteiger partial charge in [-0.1, -0.05) is 73.5 Å². The average Bonchev–Trinajstić information content (AvgIpc) is 2.44. The molecule has 0 saturated heterocycles. The zero-order valence-corrected chi connectivity index (χ0v) is 13.3. The maximum absolute atomic E-state index is 2.35. The van der Waals surface area contributed by atoms with Crippen molar-refractivity contribution in [1.82, 2.24) is 0 Å². The SMILES string of the molecule is Cc1cc(C)cc(-c2ccc3cccc(C(C)C)c3c2)c1. The van der Waals surface area contributed by atoms with Crippen molar-refractivity contribution in [1.29, 1.82) is 0 Å². The van der Waals surface area contributed by atoms with Crippen LogP contribution in [0.5, 0.6) is 0 Å². The Bertz CT molecular complexity index is 774. The Labute approximate surface area is 127 Å². The standard InChI is InChI=1S/C21H22/c1-14(2)20-7-5-6-17-8-9-18(13-21(17)20)19-11-15(3)10-16(4)12-19/h5-14H,1-4H3. The van der Waals surface area contributed by atoms with Crippen molar-refractivity contribution in [2.24, 2.45) is 0 Å². The van der Waals surface area contributed by atoms with Gasteiger partial charge in [-0.15, -0.1) is 0 Å². The summed E-state index contributed by atoms with van der Waals surface area (Å²) in [6.45, 7) is 8.85. The van der Waals surface area contributed by atoms with Gasteiger partial charge in [-0.05, 0) is 53.3 Å². The molecular weight excluding hydrogens is 252 g/mol. The molecule has 0 aliphatic carbocycles. The molecule has 0 aromatic heterocycles. The molecule has 0 fully saturated rings. The molecule has 0 aliphatic rings. The van der Waals surface area contributed by atoms with Crippen LogP contribution < -0.4 is 0 Å². The van der Waals surface area contributed by atoms with Crippen LogP contribution in [0.2, 0.25) is 0 Å². The van der Waals surface area contributed by atoms with E-state index in [1.165, 1.54) is 38.6 Å². The van der Waals surface area contributed by atoms with E-state index in [9.17, 15) is 0 Å². The van der Waals surface area contributed by atoms with Gasteiger partial charge in [-0.3, -0.25) is 0 Å². The molecule has 0 heterocycles. The number of hydrogen-bond acceptors (Lipinski definition) is 0. The Hall–Kier alpha value is -2.08.